The molecule has 0 aliphatic carbocycles. The van der Waals surface area contributed by atoms with Gasteiger partial charge in [0.15, 0.2) is 5.60 Å². The molecule has 0 spiro atoms. The molecule has 1 unspecified atom stereocenters. The zero-order valence-corrected chi connectivity index (χ0v) is 7.58. The van der Waals surface area contributed by atoms with Gasteiger partial charge < -0.3 is 4.74 Å². The first-order chi connectivity index (χ1) is 6.29. The third kappa shape index (κ3) is 1.17. The highest BCUT2D eigenvalue weighted by atomic mass is 16.5. The molecule has 0 fully saturated rings. The highest BCUT2D eigenvalue weighted by Crippen LogP contribution is 2.36. The van der Waals surface area contributed by atoms with E-state index in [9.17, 15) is 0 Å². The van der Waals surface area contributed by atoms with Crippen LogP contribution in [0.3, 0.4) is 0 Å². The third-order valence-corrected chi connectivity index (χ3v) is 2.53. The fraction of sp³-hybridized carbons (Fsp3) is 0.364. The Labute approximate surface area is 77.8 Å². The molecule has 1 aromatic rings. The second-order valence-corrected chi connectivity index (χ2v) is 3.35. The lowest BCUT2D eigenvalue weighted by Gasteiger charge is -2.17. The second-order valence-electron chi connectivity index (χ2n) is 3.35. The van der Waals surface area contributed by atoms with Crippen molar-refractivity contribution in [3.63, 3.8) is 0 Å². The summed E-state index contributed by atoms with van der Waals surface area (Å²) in [5, 5.41) is 9.01. The number of fused-ring (bicyclic) bond motifs is 1. The van der Waals surface area contributed by atoms with Gasteiger partial charge in [-0.3, -0.25) is 0 Å². The van der Waals surface area contributed by atoms with E-state index in [1.807, 2.05) is 31.2 Å². The van der Waals surface area contributed by atoms with Crippen molar-refractivity contribution < 1.29 is 4.74 Å². The summed E-state index contributed by atoms with van der Waals surface area (Å²) in [4.78, 5) is 0. The number of para-hydroxylation sites is 1. The number of nitriles is 1. The Morgan fingerprint density at radius 1 is 1.54 bits per heavy atom. The van der Waals surface area contributed by atoms with Crippen LogP contribution in [-0.2, 0) is 6.42 Å². The maximum absolute atomic E-state index is 9.01. The van der Waals surface area contributed by atoms with Crippen LogP contribution >= 0.6 is 0 Å². The van der Waals surface area contributed by atoms with Crippen LogP contribution in [0.4, 0.5) is 0 Å². The second kappa shape index (κ2) is 2.77. The van der Waals surface area contributed by atoms with Crippen molar-refractivity contribution in [2.24, 2.45) is 0 Å². The molecule has 0 amide bonds. The summed E-state index contributed by atoms with van der Waals surface area (Å²) < 4.78 is 5.63. The number of rotatable bonds is 1. The molecule has 1 aliphatic heterocycles. The van der Waals surface area contributed by atoms with Gasteiger partial charge in [0.25, 0.3) is 0 Å². The summed E-state index contributed by atoms with van der Waals surface area (Å²) in [6.45, 7) is 1.98. The molecule has 1 heterocycles. The molecule has 0 aromatic heterocycles. The van der Waals surface area contributed by atoms with E-state index in [4.69, 9.17) is 10.00 Å². The van der Waals surface area contributed by atoms with Crippen LogP contribution in [0.25, 0.3) is 0 Å². The topological polar surface area (TPSA) is 33.0 Å². The molecule has 2 rings (SSSR count). The summed E-state index contributed by atoms with van der Waals surface area (Å²) in [6, 6.07) is 10.1. The van der Waals surface area contributed by atoms with Crippen LogP contribution in [0.15, 0.2) is 24.3 Å². The summed E-state index contributed by atoms with van der Waals surface area (Å²) in [7, 11) is 0. The van der Waals surface area contributed by atoms with E-state index in [-0.39, 0.29) is 0 Å². The molecule has 0 saturated heterocycles. The van der Waals surface area contributed by atoms with Crippen LogP contribution in [0.5, 0.6) is 5.75 Å². The van der Waals surface area contributed by atoms with E-state index in [0.717, 1.165) is 24.2 Å². The smallest absolute Gasteiger partial charge is 0.198 e. The molecule has 0 radical (unpaired) electrons. The molecular weight excluding hydrogens is 162 g/mol. The van der Waals surface area contributed by atoms with Crippen molar-refractivity contribution in [1.82, 2.24) is 0 Å². The van der Waals surface area contributed by atoms with Gasteiger partial charge in [-0.25, -0.2) is 0 Å². The summed E-state index contributed by atoms with van der Waals surface area (Å²) in [6.07, 6.45) is 1.45. The van der Waals surface area contributed by atoms with Crippen molar-refractivity contribution in [2.45, 2.75) is 25.4 Å². The van der Waals surface area contributed by atoms with Gasteiger partial charge in [0.1, 0.15) is 11.8 Å². The van der Waals surface area contributed by atoms with Crippen molar-refractivity contribution >= 4 is 0 Å². The molecule has 1 aromatic carbocycles. The van der Waals surface area contributed by atoms with Gasteiger partial charge in [-0.1, -0.05) is 25.1 Å². The maximum atomic E-state index is 9.01. The van der Waals surface area contributed by atoms with E-state index in [0.29, 0.717) is 0 Å². The molecule has 0 bridgehead atoms. The van der Waals surface area contributed by atoms with E-state index in [2.05, 4.69) is 6.07 Å². The largest absolute Gasteiger partial charge is 0.472 e. The zero-order valence-electron chi connectivity index (χ0n) is 7.58. The average Bonchev–Trinajstić information content (AvgIpc) is 2.57. The van der Waals surface area contributed by atoms with E-state index in [1.165, 1.54) is 0 Å². The van der Waals surface area contributed by atoms with Gasteiger partial charge in [-0.15, -0.1) is 0 Å². The standard InChI is InChI=1S/C11H11NO/c1-2-11(8-12)7-9-5-3-4-6-10(9)13-11/h3-6H,2,7H2,1H3. The molecule has 0 saturated carbocycles. The lowest BCUT2D eigenvalue weighted by Crippen LogP contribution is -2.31. The first-order valence-electron chi connectivity index (χ1n) is 4.48. The Kier molecular flexibility index (Phi) is 1.73. The molecule has 0 N–H and O–H groups in total. The van der Waals surface area contributed by atoms with E-state index >= 15 is 0 Å². The van der Waals surface area contributed by atoms with Crippen LogP contribution in [0, 0.1) is 11.3 Å². The minimum Gasteiger partial charge on any atom is -0.472 e. The molecular formula is C11H11NO. The van der Waals surface area contributed by atoms with Crippen LogP contribution in [0.2, 0.25) is 0 Å². The first-order valence-corrected chi connectivity index (χ1v) is 4.48. The summed E-state index contributed by atoms with van der Waals surface area (Å²) in [5.41, 5.74) is 0.537. The van der Waals surface area contributed by atoms with Gasteiger partial charge in [0.2, 0.25) is 0 Å². The molecule has 13 heavy (non-hydrogen) atoms. The Balaban J connectivity index is 2.37. The van der Waals surface area contributed by atoms with Gasteiger partial charge in [-0.2, -0.15) is 5.26 Å². The zero-order chi connectivity index (χ0) is 9.31. The van der Waals surface area contributed by atoms with Gasteiger partial charge in [0.05, 0.1) is 0 Å². The van der Waals surface area contributed by atoms with E-state index in [1.54, 1.807) is 0 Å². The number of hydrogen-bond donors (Lipinski definition) is 0. The minimum absolute atomic E-state index is 0.607. The average molecular weight is 173 g/mol. The van der Waals surface area contributed by atoms with Crippen molar-refractivity contribution in [2.75, 3.05) is 0 Å². The third-order valence-electron chi connectivity index (χ3n) is 2.53. The molecule has 2 heteroatoms. The van der Waals surface area contributed by atoms with Crippen molar-refractivity contribution in [3.8, 4) is 11.8 Å². The van der Waals surface area contributed by atoms with Crippen LogP contribution in [-0.4, -0.2) is 5.60 Å². The highest BCUT2D eigenvalue weighted by molar-refractivity contribution is 5.41. The monoisotopic (exact) mass is 173 g/mol. The predicted octanol–water partition coefficient (Wildman–Crippen LogP) is 2.29. The van der Waals surface area contributed by atoms with Crippen LogP contribution in [0.1, 0.15) is 18.9 Å². The first kappa shape index (κ1) is 8.12. The number of benzene rings is 1. The number of hydrogen-bond acceptors (Lipinski definition) is 2. The van der Waals surface area contributed by atoms with Crippen molar-refractivity contribution in [3.05, 3.63) is 29.8 Å². The summed E-state index contributed by atoms with van der Waals surface area (Å²) in [5.74, 6) is 0.867. The molecule has 66 valence electrons. The van der Waals surface area contributed by atoms with Gasteiger partial charge in [0, 0.05) is 6.42 Å². The predicted molar refractivity (Wildman–Crippen MR) is 49.4 cm³/mol. The minimum atomic E-state index is -0.607. The Bertz CT molecular complexity index is 340. The quantitative estimate of drug-likeness (QED) is 0.652. The Morgan fingerprint density at radius 2 is 2.31 bits per heavy atom. The van der Waals surface area contributed by atoms with E-state index < -0.39 is 5.60 Å². The fourth-order valence-corrected chi connectivity index (χ4v) is 1.64. The van der Waals surface area contributed by atoms with Crippen LogP contribution < -0.4 is 4.74 Å². The van der Waals surface area contributed by atoms with Gasteiger partial charge in [-0.05, 0) is 18.1 Å². The fourth-order valence-electron chi connectivity index (χ4n) is 1.64. The lowest BCUT2D eigenvalue weighted by atomic mass is 9.96. The number of ether oxygens (including phenoxy) is 1. The molecule has 1 aliphatic rings. The maximum Gasteiger partial charge on any atom is 0.198 e. The molecule has 2 nitrogen and oxygen atoms in total. The Hall–Kier alpha value is -1.49. The SMILES string of the molecule is CCC1(C#N)Cc2ccccc2O1. The Morgan fingerprint density at radius 3 is 2.92 bits per heavy atom. The molecule has 1 atom stereocenters. The summed E-state index contributed by atoms with van der Waals surface area (Å²) >= 11 is 0. The normalized spacial score (nSPS) is 24.6. The highest BCUT2D eigenvalue weighted by Gasteiger charge is 2.37. The van der Waals surface area contributed by atoms with Crippen molar-refractivity contribution in [1.29, 1.82) is 5.26 Å². The number of nitrogens with zero attached hydrogens (tertiary/aromatic N) is 1. The lowest BCUT2D eigenvalue weighted by molar-refractivity contribution is 0.152. The van der Waals surface area contributed by atoms with Gasteiger partial charge >= 0.3 is 0 Å².